The number of hydrogen-bond acceptors (Lipinski definition) is 26. The highest BCUT2D eigenvalue weighted by Crippen LogP contribution is 2.55. The molecule has 0 radical (unpaired) electrons. The number of carbonyl (C=O) groups is 2. The van der Waals surface area contributed by atoms with Crippen molar-refractivity contribution in [2.24, 2.45) is 0 Å². The Morgan fingerprint density at radius 1 is 0.261 bits per heavy atom. The fraction of sp³-hybridized carbons (Fsp3) is 0.425. The van der Waals surface area contributed by atoms with Gasteiger partial charge in [0.05, 0.1) is 85.6 Å². The molecule has 12 aromatic heterocycles. The molecular formula is C87H102O14P2S12. The molecule has 0 unspecified atom stereocenters. The van der Waals surface area contributed by atoms with E-state index in [0.29, 0.717) is 111 Å². The van der Waals surface area contributed by atoms with Gasteiger partial charge in [-0.3, -0.25) is 9.13 Å². The van der Waals surface area contributed by atoms with Gasteiger partial charge in [0.15, 0.2) is 0 Å². The van der Waals surface area contributed by atoms with Gasteiger partial charge in [0.1, 0.15) is 19.0 Å². The fourth-order valence-electron chi connectivity index (χ4n) is 12.5. The van der Waals surface area contributed by atoms with Crippen molar-refractivity contribution in [1.29, 1.82) is 0 Å². The van der Waals surface area contributed by atoms with Crippen LogP contribution in [0.1, 0.15) is 193 Å². The van der Waals surface area contributed by atoms with Crippen LogP contribution >= 0.6 is 151 Å². The lowest BCUT2D eigenvalue weighted by atomic mass is 10.1. The first kappa shape index (κ1) is 89.7. The Morgan fingerprint density at radius 2 is 0.513 bits per heavy atom. The normalized spacial score (nSPS) is 12.0. The number of esters is 2. The zero-order valence-electron chi connectivity index (χ0n) is 66.6. The molecule has 0 aliphatic rings. The molecule has 0 aliphatic carbocycles. The lowest BCUT2D eigenvalue weighted by molar-refractivity contribution is 0.0496. The second kappa shape index (κ2) is 45.4. The zero-order chi connectivity index (χ0) is 80.5. The van der Waals surface area contributed by atoms with Crippen LogP contribution in [0.15, 0.2) is 121 Å². The summed E-state index contributed by atoms with van der Waals surface area (Å²) in [5.74, 6) is -0.572. The van der Waals surface area contributed by atoms with Gasteiger partial charge in [-0.25, -0.2) is 9.59 Å². The van der Waals surface area contributed by atoms with E-state index in [4.69, 9.17) is 46.5 Å². The first-order valence-corrected chi connectivity index (χ1v) is 52.8. The van der Waals surface area contributed by atoms with E-state index in [2.05, 4.69) is 100 Å². The molecule has 12 heterocycles. The third kappa shape index (κ3) is 24.0. The molecular weight excluding hydrogens is 1720 g/mol. The monoisotopic (exact) mass is 1820 g/mol. The molecule has 0 bridgehead atoms. The molecule has 0 N–H and O–H groups in total. The molecule has 0 aromatic carbocycles. The van der Waals surface area contributed by atoms with Crippen molar-refractivity contribution in [3.63, 3.8) is 0 Å². The highest BCUT2D eigenvalue weighted by molar-refractivity contribution is 7.69. The van der Waals surface area contributed by atoms with E-state index in [0.717, 1.165) is 166 Å². The van der Waals surface area contributed by atoms with Gasteiger partial charge in [0.25, 0.3) is 0 Å². The van der Waals surface area contributed by atoms with E-state index in [9.17, 15) is 18.7 Å². The molecule has 28 heteroatoms. The summed E-state index contributed by atoms with van der Waals surface area (Å²) in [6.07, 6.45) is 14.9. The molecule has 0 atom stereocenters. The Balaban J connectivity index is 0.602. The molecule has 14 nitrogen and oxygen atoms in total. The van der Waals surface area contributed by atoms with E-state index < -0.39 is 15.2 Å². The number of rotatable bonds is 52. The SMILES string of the molecule is CCCCOCc1cc(-c2ccc(-c3ccc(P(=O)(OCC)OCC)s3)s2)sc1-c1cc(COCCCC)c(-c2ccc(-c3ccc(C(=O)OCCCCCCCCCOC(=O)c4ccc(-c5ccc(-c6sc(-c7sc(-c8ccc(-c9ccc(P(=O)(OCC)OCC)s9)s8)cc7COCCCC)cc6COCCCC)s5)s4)s3)s2)s1. The molecule has 0 saturated heterocycles. The molecule has 0 fully saturated rings. The van der Waals surface area contributed by atoms with Crippen LogP contribution in [0.25, 0.3) is 97.5 Å². The van der Waals surface area contributed by atoms with Crippen molar-refractivity contribution in [1.82, 2.24) is 0 Å². The van der Waals surface area contributed by atoms with E-state index >= 15 is 0 Å². The standard InChI is InChI=1S/C87H102O14P2S12/c1-9-17-44-92-54-58-50-76(70-30-28-66(104-70)68-40-42-80(110-68)102(90,98-13-5)99-14-6)112-84(58)78-52-60(56-94-46-19-11-3)82(114-78)72-36-32-62(106-72)64-34-38-74(108-64)86(88)96-48-26-24-22-21-23-25-27-49-97-87(89)75-39-35-65(109-75)63-33-37-73(107-63)83-61(57-95-47-20-12-4)53-79(115-83)85-59(55-93-45-18-10-2)51-77(113-85)71-31-29-67(105-71)69-41-43-81(111-69)103(91,100-15-7)101-16-8/h28-43,50-53H,9-27,44-49,54-57H2,1-8H3. The zero-order valence-corrected chi connectivity index (χ0v) is 78.1. The maximum atomic E-state index is 13.6. The molecule has 0 aliphatic heterocycles. The number of unbranched alkanes of at least 4 members (excludes halogenated alkanes) is 10. The minimum absolute atomic E-state index is 0.286. The van der Waals surface area contributed by atoms with Crippen LogP contribution in [0, 0.1) is 0 Å². The fourth-order valence-corrected chi connectivity index (χ4v) is 30.2. The van der Waals surface area contributed by atoms with Crippen molar-refractivity contribution in [3.8, 4) is 97.5 Å². The minimum atomic E-state index is -3.39. The molecule has 0 spiro atoms. The minimum Gasteiger partial charge on any atom is -0.462 e. The first-order chi connectivity index (χ1) is 56.2. The van der Waals surface area contributed by atoms with Crippen LogP contribution in [0.5, 0.6) is 0 Å². The summed E-state index contributed by atoms with van der Waals surface area (Å²) in [7, 11) is -6.78. The third-order valence-electron chi connectivity index (χ3n) is 18.4. The number of hydrogen-bond donors (Lipinski definition) is 0. The van der Waals surface area contributed by atoms with Crippen LogP contribution in [-0.2, 0) is 82.1 Å². The van der Waals surface area contributed by atoms with Gasteiger partial charge in [-0.15, -0.1) is 136 Å². The predicted octanol–water partition coefficient (Wildman–Crippen LogP) is 29.9. The van der Waals surface area contributed by atoms with E-state index in [1.54, 1.807) is 90.7 Å². The molecule has 616 valence electrons. The average Bonchev–Trinajstić information content (AvgIpc) is 1.60. The molecule has 12 rings (SSSR count). The summed E-state index contributed by atoms with van der Waals surface area (Å²) in [6.45, 7) is 22.9. The van der Waals surface area contributed by atoms with Crippen LogP contribution in [0.4, 0.5) is 0 Å². The van der Waals surface area contributed by atoms with E-state index in [-0.39, 0.29) is 11.9 Å². The summed E-state index contributed by atoms with van der Waals surface area (Å²) in [6, 6.07) is 42.2. The van der Waals surface area contributed by atoms with Gasteiger partial charge < -0.3 is 46.5 Å². The second-order valence-electron chi connectivity index (χ2n) is 27.2. The van der Waals surface area contributed by atoms with Crippen LogP contribution in [-0.4, -0.2) is 78.0 Å². The second-order valence-corrected chi connectivity index (χ2v) is 44.6. The van der Waals surface area contributed by atoms with Gasteiger partial charge in [-0.05, 0) is 210 Å². The number of carbonyl (C=O) groups excluding carboxylic acids is 2. The van der Waals surface area contributed by atoms with Crippen molar-refractivity contribution in [3.05, 3.63) is 153 Å². The topological polar surface area (TPSA) is 161 Å². The van der Waals surface area contributed by atoms with Crippen LogP contribution in [0.3, 0.4) is 0 Å². The summed E-state index contributed by atoms with van der Waals surface area (Å²) >= 11 is 20.0. The van der Waals surface area contributed by atoms with Gasteiger partial charge in [-0.2, -0.15) is 0 Å². The largest absolute Gasteiger partial charge is 0.462 e. The Labute approximate surface area is 725 Å². The molecule has 12 aromatic rings. The summed E-state index contributed by atoms with van der Waals surface area (Å²) in [4.78, 5) is 50.7. The first-order valence-electron chi connectivity index (χ1n) is 40.0. The Hall–Kier alpha value is -4.52. The van der Waals surface area contributed by atoms with Crippen molar-refractivity contribution in [2.45, 2.75) is 178 Å². The maximum absolute atomic E-state index is 13.6. The Bertz CT molecular complexity index is 4780. The van der Waals surface area contributed by atoms with Crippen molar-refractivity contribution >= 4 is 172 Å². The van der Waals surface area contributed by atoms with E-state index in [1.165, 1.54) is 95.5 Å². The molecule has 0 saturated carbocycles. The van der Waals surface area contributed by atoms with E-state index in [1.807, 2.05) is 76.2 Å². The Kier molecular flexibility index (Phi) is 35.4. The van der Waals surface area contributed by atoms with Gasteiger partial charge in [0.2, 0.25) is 0 Å². The van der Waals surface area contributed by atoms with Crippen molar-refractivity contribution < 1.29 is 65.2 Å². The third-order valence-corrected chi connectivity index (χ3v) is 38.9. The summed E-state index contributed by atoms with van der Waals surface area (Å²) < 4.78 is 88.1. The lowest BCUT2D eigenvalue weighted by Gasteiger charge is -2.14. The summed E-state index contributed by atoms with van der Waals surface area (Å²) in [5.41, 5.74) is 4.65. The predicted molar refractivity (Wildman–Crippen MR) is 494 cm³/mol. The molecule has 0 amide bonds. The lowest BCUT2D eigenvalue weighted by Crippen LogP contribution is -2.06. The quantitative estimate of drug-likeness (QED) is 0.0201. The van der Waals surface area contributed by atoms with Crippen LogP contribution < -0.4 is 9.24 Å². The average molecular weight is 1820 g/mol. The Morgan fingerprint density at radius 3 is 0.843 bits per heavy atom. The highest BCUT2D eigenvalue weighted by Gasteiger charge is 2.32. The van der Waals surface area contributed by atoms with Gasteiger partial charge >= 0.3 is 27.1 Å². The van der Waals surface area contributed by atoms with Gasteiger partial charge in [0, 0.05) is 104 Å². The van der Waals surface area contributed by atoms with Crippen LogP contribution in [0.2, 0.25) is 0 Å². The highest BCUT2D eigenvalue weighted by atomic mass is 32.1. The number of ether oxygens (including phenoxy) is 6. The maximum Gasteiger partial charge on any atom is 0.371 e. The molecule has 115 heavy (non-hydrogen) atoms. The van der Waals surface area contributed by atoms with Crippen molar-refractivity contribution in [2.75, 3.05) is 66.1 Å². The smallest absolute Gasteiger partial charge is 0.371 e. The summed E-state index contributed by atoms with van der Waals surface area (Å²) in [5, 5.41) is 0. The number of thiophene rings is 12. The van der Waals surface area contributed by atoms with Gasteiger partial charge in [-0.1, -0.05) is 85.5 Å².